The minimum Gasteiger partial charge on any atom is -0.372 e. The average molecular weight is 319 g/mol. The molecular formula is C16H21N3O2S. The topological polar surface area (TPSA) is 66.2 Å². The number of aryl methyl sites for hydroxylation is 2. The monoisotopic (exact) mass is 319 g/mol. The Morgan fingerprint density at radius 3 is 2.68 bits per heavy atom. The molecule has 1 aliphatic rings. The SMILES string of the molecule is Cc1cc(C)c(C#N)c(SCC(=O)N2CC(C)OC(C)C2)n1. The summed E-state index contributed by atoms with van der Waals surface area (Å²) in [7, 11) is 0. The Balaban J connectivity index is 2.04. The largest absolute Gasteiger partial charge is 0.372 e. The van der Waals surface area contributed by atoms with Gasteiger partial charge in [0.05, 0.1) is 23.5 Å². The predicted molar refractivity (Wildman–Crippen MR) is 85.7 cm³/mol. The highest BCUT2D eigenvalue weighted by Crippen LogP contribution is 2.24. The molecule has 2 atom stereocenters. The standard InChI is InChI=1S/C16H21N3O2S/c1-10-5-11(2)18-16(14(10)6-17)22-9-15(20)19-7-12(3)21-13(4)8-19/h5,12-13H,7-9H2,1-4H3. The van der Waals surface area contributed by atoms with Crippen LogP contribution in [-0.4, -0.2) is 46.8 Å². The molecule has 2 heterocycles. The molecule has 2 rings (SSSR count). The quantitative estimate of drug-likeness (QED) is 0.800. The Morgan fingerprint density at radius 1 is 1.45 bits per heavy atom. The zero-order chi connectivity index (χ0) is 16.3. The third kappa shape index (κ3) is 3.99. The van der Waals surface area contributed by atoms with Crippen molar-refractivity contribution in [1.82, 2.24) is 9.88 Å². The lowest BCUT2D eigenvalue weighted by Crippen LogP contribution is -2.48. The molecular weight excluding hydrogens is 298 g/mol. The summed E-state index contributed by atoms with van der Waals surface area (Å²) in [5.41, 5.74) is 2.32. The summed E-state index contributed by atoms with van der Waals surface area (Å²) in [6.07, 6.45) is 0.124. The lowest BCUT2D eigenvalue weighted by atomic mass is 10.1. The smallest absolute Gasteiger partial charge is 0.233 e. The van der Waals surface area contributed by atoms with E-state index in [9.17, 15) is 10.1 Å². The van der Waals surface area contributed by atoms with Crippen molar-refractivity contribution in [2.45, 2.75) is 44.9 Å². The molecule has 1 saturated heterocycles. The number of pyridine rings is 1. The summed E-state index contributed by atoms with van der Waals surface area (Å²) in [6, 6.07) is 4.06. The first kappa shape index (κ1) is 16.8. The fourth-order valence-electron chi connectivity index (χ4n) is 2.65. The summed E-state index contributed by atoms with van der Waals surface area (Å²) in [5.74, 6) is 0.362. The molecule has 22 heavy (non-hydrogen) atoms. The van der Waals surface area contributed by atoms with E-state index in [1.54, 1.807) is 0 Å². The molecule has 1 aliphatic heterocycles. The lowest BCUT2D eigenvalue weighted by Gasteiger charge is -2.35. The van der Waals surface area contributed by atoms with Crippen LogP contribution in [0.15, 0.2) is 11.1 Å². The van der Waals surface area contributed by atoms with E-state index in [0.29, 0.717) is 29.4 Å². The molecule has 1 amide bonds. The molecule has 1 fully saturated rings. The van der Waals surface area contributed by atoms with E-state index in [1.807, 2.05) is 38.7 Å². The van der Waals surface area contributed by atoms with Gasteiger partial charge in [0.15, 0.2) is 0 Å². The van der Waals surface area contributed by atoms with E-state index in [0.717, 1.165) is 11.3 Å². The van der Waals surface area contributed by atoms with E-state index in [2.05, 4.69) is 11.1 Å². The highest BCUT2D eigenvalue weighted by Gasteiger charge is 2.26. The maximum absolute atomic E-state index is 12.4. The van der Waals surface area contributed by atoms with Crippen molar-refractivity contribution >= 4 is 17.7 Å². The number of hydrogen-bond donors (Lipinski definition) is 0. The van der Waals surface area contributed by atoms with Crippen molar-refractivity contribution in [2.75, 3.05) is 18.8 Å². The zero-order valence-corrected chi connectivity index (χ0v) is 14.2. The minimum atomic E-state index is 0.0618. The van der Waals surface area contributed by atoms with Crippen molar-refractivity contribution in [3.63, 3.8) is 0 Å². The van der Waals surface area contributed by atoms with Gasteiger partial charge in [0.2, 0.25) is 5.91 Å². The van der Waals surface area contributed by atoms with Gasteiger partial charge in [-0.15, -0.1) is 0 Å². The van der Waals surface area contributed by atoms with Crippen LogP contribution in [0.5, 0.6) is 0 Å². The second-order valence-corrected chi connectivity index (χ2v) is 6.68. The van der Waals surface area contributed by atoms with E-state index in [-0.39, 0.29) is 18.1 Å². The van der Waals surface area contributed by atoms with Crippen molar-refractivity contribution in [3.05, 3.63) is 22.9 Å². The Labute approximate surface area is 135 Å². The maximum Gasteiger partial charge on any atom is 0.233 e. The van der Waals surface area contributed by atoms with Crippen molar-refractivity contribution in [1.29, 1.82) is 5.26 Å². The fraction of sp³-hybridized carbons (Fsp3) is 0.562. The first-order chi connectivity index (χ1) is 10.4. The van der Waals surface area contributed by atoms with Crippen LogP contribution in [0.2, 0.25) is 0 Å². The second kappa shape index (κ2) is 7.12. The number of amides is 1. The number of carbonyl (C=O) groups excluding carboxylic acids is 1. The van der Waals surface area contributed by atoms with Crippen LogP contribution in [0.4, 0.5) is 0 Å². The van der Waals surface area contributed by atoms with Gasteiger partial charge < -0.3 is 9.64 Å². The highest BCUT2D eigenvalue weighted by molar-refractivity contribution is 8.00. The van der Waals surface area contributed by atoms with Crippen molar-refractivity contribution in [3.8, 4) is 6.07 Å². The Hall–Kier alpha value is -1.58. The number of nitriles is 1. The van der Waals surface area contributed by atoms with Crippen molar-refractivity contribution < 1.29 is 9.53 Å². The third-order valence-corrected chi connectivity index (χ3v) is 4.49. The van der Waals surface area contributed by atoms with Gasteiger partial charge in [-0.25, -0.2) is 4.98 Å². The minimum absolute atomic E-state index is 0.0618. The highest BCUT2D eigenvalue weighted by atomic mass is 32.2. The van der Waals surface area contributed by atoms with Crippen LogP contribution < -0.4 is 0 Å². The van der Waals surface area contributed by atoms with Gasteiger partial charge in [-0.3, -0.25) is 4.79 Å². The molecule has 5 nitrogen and oxygen atoms in total. The first-order valence-corrected chi connectivity index (χ1v) is 8.33. The van der Waals surface area contributed by atoms with Gasteiger partial charge in [0.1, 0.15) is 11.1 Å². The second-order valence-electron chi connectivity index (χ2n) is 5.72. The van der Waals surface area contributed by atoms with Crippen LogP contribution in [0.3, 0.4) is 0 Å². The van der Waals surface area contributed by atoms with Gasteiger partial charge in [-0.05, 0) is 39.3 Å². The van der Waals surface area contributed by atoms with Crippen LogP contribution in [0.1, 0.15) is 30.7 Å². The molecule has 0 aromatic carbocycles. The summed E-state index contributed by atoms with van der Waals surface area (Å²) >= 11 is 1.34. The Bertz CT molecular complexity index is 602. The Morgan fingerprint density at radius 2 is 2.09 bits per heavy atom. The van der Waals surface area contributed by atoms with E-state index >= 15 is 0 Å². The molecule has 1 aromatic rings. The number of thioether (sulfide) groups is 1. The van der Waals surface area contributed by atoms with Gasteiger partial charge in [0, 0.05) is 18.8 Å². The predicted octanol–water partition coefficient (Wildman–Crippen LogP) is 2.30. The van der Waals surface area contributed by atoms with Gasteiger partial charge >= 0.3 is 0 Å². The van der Waals surface area contributed by atoms with Crippen LogP contribution >= 0.6 is 11.8 Å². The number of nitrogens with zero attached hydrogens (tertiary/aromatic N) is 3. The molecule has 1 aromatic heterocycles. The zero-order valence-electron chi connectivity index (χ0n) is 13.4. The molecule has 0 radical (unpaired) electrons. The van der Waals surface area contributed by atoms with Gasteiger partial charge in [0.25, 0.3) is 0 Å². The van der Waals surface area contributed by atoms with Crippen molar-refractivity contribution in [2.24, 2.45) is 0 Å². The number of rotatable bonds is 3. The number of aromatic nitrogens is 1. The Kier molecular flexibility index (Phi) is 5.43. The molecule has 0 aliphatic carbocycles. The van der Waals surface area contributed by atoms with E-state index < -0.39 is 0 Å². The van der Waals surface area contributed by atoms with Crippen LogP contribution in [-0.2, 0) is 9.53 Å². The summed E-state index contributed by atoms with van der Waals surface area (Å²) in [6.45, 7) is 8.98. The molecule has 0 N–H and O–H groups in total. The maximum atomic E-state index is 12.4. The first-order valence-electron chi connectivity index (χ1n) is 7.35. The molecule has 6 heteroatoms. The lowest BCUT2D eigenvalue weighted by molar-refractivity contribution is -0.140. The fourth-order valence-corrected chi connectivity index (χ4v) is 3.65. The summed E-state index contributed by atoms with van der Waals surface area (Å²) < 4.78 is 5.64. The number of ether oxygens (including phenoxy) is 1. The normalized spacial score (nSPS) is 21.5. The van der Waals surface area contributed by atoms with Crippen LogP contribution in [0, 0.1) is 25.2 Å². The van der Waals surface area contributed by atoms with E-state index in [1.165, 1.54) is 11.8 Å². The molecule has 118 valence electrons. The molecule has 2 unspecified atom stereocenters. The third-order valence-electron chi connectivity index (χ3n) is 3.53. The summed E-state index contributed by atoms with van der Waals surface area (Å²) in [5, 5.41) is 9.90. The number of carbonyl (C=O) groups is 1. The number of morpholine rings is 1. The van der Waals surface area contributed by atoms with Gasteiger partial charge in [-0.2, -0.15) is 5.26 Å². The van der Waals surface area contributed by atoms with Gasteiger partial charge in [-0.1, -0.05) is 11.8 Å². The molecule has 0 bridgehead atoms. The molecule has 0 saturated carbocycles. The van der Waals surface area contributed by atoms with E-state index in [4.69, 9.17) is 4.74 Å². The average Bonchev–Trinajstić information content (AvgIpc) is 2.43. The molecule has 0 spiro atoms. The van der Waals surface area contributed by atoms with Crippen LogP contribution in [0.25, 0.3) is 0 Å². The number of hydrogen-bond acceptors (Lipinski definition) is 5. The summed E-state index contributed by atoms with van der Waals surface area (Å²) in [4.78, 5) is 18.6.